The normalized spacial score (nSPS) is 10.9. The first-order valence-electron chi connectivity index (χ1n) is 9.41. The highest BCUT2D eigenvalue weighted by molar-refractivity contribution is 7.99. The van der Waals surface area contributed by atoms with E-state index in [0.29, 0.717) is 39.1 Å². The summed E-state index contributed by atoms with van der Waals surface area (Å²) >= 11 is 1.11. The standard InChI is InChI=1S/C21H19N5O4S/c1-11-9-16(30-26-11)22-15(27)10-31-21-24-18(17-12(2)13(3)29-20(17)25-21)23-19(28)14-7-5-4-6-8-14/h4-9H,10H2,1-3H3,(H,22,27)(H,23,24,25,28). The van der Waals surface area contributed by atoms with Crippen molar-refractivity contribution >= 4 is 46.4 Å². The fraction of sp³-hybridized carbons (Fsp3) is 0.190. The highest BCUT2D eigenvalue weighted by atomic mass is 32.2. The highest BCUT2D eigenvalue weighted by Gasteiger charge is 2.19. The molecule has 158 valence electrons. The number of carbonyl (C=O) groups is 2. The molecule has 3 aromatic heterocycles. The summed E-state index contributed by atoms with van der Waals surface area (Å²) in [5, 5.41) is 10.1. The zero-order chi connectivity index (χ0) is 22.0. The van der Waals surface area contributed by atoms with E-state index in [0.717, 1.165) is 17.3 Å². The minimum Gasteiger partial charge on any atom is -0.443 e. The third kappa shape index (κ3) is 4.58. The maximum absolute atomic E-state index is 12.7. The van der Waals surface area contributed by atoms with E-state index in [1.54, 1.807) is 37.3 Å². The summed E-state index contributed by atoms with van der Waals surface area (Å²) in [6, 6.07) is 10.5. The van der Waals surface area contributed by atoms with Gasteiger partial charge in [-0.3, -0.25) is 14.9 Å². The number of aryl methyl sites for hydroxylation is 3. The van der Waals surface area contributed by atoms with E-state index in [4.69, 9.17) is 8.94 Å². The van der Waals surface area contributed by atoms with Gasteiger partial charge in [0.25, 0.3) is 5.91 Å². The van der Waals surface area contributed by atoms with Gasteiger partial charge in [0.1, 0.15) is 11.6 Å². The maximum atomic E-state index is 12.7. The molecule has 3 heterocycles. The molecule has 0 radical (unpaired) electrons. The number of carbonyl (C=O) groups excluding carboxylic acids is 2. The van der Waals surface area contributed by atoms with Crippen LogP contribution in [-0.4, -0.2) is 32.7 Å². The fourth-order valence-electron chi connectivity index (χ4n) is 2.88. The van der Waals surface area contributed by atoms with E-state index in [2.05, 4.69) is 25.8 Å². The summed E-state index contributed by atoms with van der Waals surface area (Å²) in [4.78, 5) is 33.7. The Labute approximate surface area is 181 Å². The van der Waals surface area contributed by atoms with E-state index in [9.17, 15) is 9.59 Å². The van der Waals surface area contributed by atoms with Gasteiger partial charge in [-0.05, 0) is 32.9 Å². The summed E-state index contributed by atoms with van der Waals surface area (Å²) in [5.74, 6) is 0.727. The number of benzene rings is 1. The highest BCUT2D eigenvalue weighted by Crippen LogP contribution is 2.31. The number of furan rings is 1. The molecule has 0 spiro atoms. The first kappa shape index (κ1) is 20.6. The first-order valence-corrected chi connectivity index (χ1v) is 10.4. The van der Waals surface area contributed by atoms with Crippen LogP contribution in [0.2, 0.25) is 0 Å². The summed E-state index contributed by atoms with van der Waals surface area (Å²) in [5.41, 5.74) is 2.36. The molecule has 1 aromatic carbocycles. The Hall–Kier alpha value is -3.66. The molecule has 0 atom stereocenters. The number of nitrogens with one attached hydrogen (secondary N) is 2. The fourth-order valence-corrected chi connectivity index (χ4v) is 3.52. The van der Waals surface area contributed by atoms with Crippen LogP contribution in [0.15, 0.2) is 50.5 Å². The lowest BCUT2D eigenvalue weighted by Gasteiger charge is -2.08. The lowest BCUT2D eigenvalue weighted by Crippen LogP contribution is -2.15. The molecule has 0 aliphatic heterocycles. The van der Waals surface area contributed by atoms with Gasteiger partial charge in [-0.2, -0.15) is 4.98 Å². The SMILES string of the molecule is Cc1cc(NC(=O)CSc2nc(NC(=O)c3ccccc3)c3c(C)c(C)oc3n2)on1. The molecule has 0 fully saturated rings. The van der Waals surface area contributed by atoms with Gasteiger partial charge < -0.3 is 14.3 Å². The van der Waals surface area contributed by atoms with Crippen molar-refractivity contribution in [3.63, 3.8) is 0 Å². The molecule has 4 aromatic rings. The lowest BCUT2D eigenvalue weighted by molar-refractivity contribution is -0.113. The Morgan fingerprint density at radius 3 is 2.55 bits per heavy atom. The number of amides is 2. The molecule has 2 N–H and O–H groups in total. The van der Waals surface area contributed by atoms with Crippen molar-refractivity contribution in [3.8, 4) is 0 Å². The van der Waals surface area contributed by atoms with Gasteiger partial charge in [-0.25, -0.2) is 4.98 Å². The zero-order valence-corrected chi connectivity index (χ0v) is 17.9. The van der Waals surface area contributed by atoms with Crippen molar-refractivity contribution in [1.29, 1.82) is 0 Å². The second-order valence-corrected chi connectivity index (χ2v) is 7.75. The molecule has 9 nitrogen and oxygen atoms in total. The minimum absolute atomic E-state index is 0.0377. The van der Waals surface area contributed by atoms with E-state index < -0.39 is 0 Å². The summed E-state index contributed by atoms with van der Waals surface area (Å²) in [7, 11) is 0. The molecule has 0 bridgehead atoms. The summed E-state index contributed by atoms with van der Waals surface area (Å²) in [6.07, 6.45) is 0. The second kappa shape index (κ2) is 8.60. The van der Waals surface area contributed by atoms with E-state index >= 15 is 0 Å². The predicted octanol–water partition coefficient (Wildman–Crippen LogP) is 4.12. The average molecular weight is 437 g/mol. The molecule has 2 amide bonds. The van der Waals surface area contributed by atoms with Crippen molar-refractivity contribution in [2.24, 2.45) is 0 Å². The van der Waals surface area contributed by atoms with Crippen LogP contribution in [0, 0.1) is 20.8 Å². The Morgan fingerprint density at radius 2 is 1.84 bits per heavy atom. The Kier molecular flexibility index (Phi) is 5.72. The van der Waals surface area contributed by atoms with Gasteiger partial charge in [0.2, 0.25) is 17.5 Å². The van der Waals surface area contributed by atoms with E-state index in [-0.39, 0.29) is 23.5 Å². The maximum Gasteiger partial charge on any atom is 0.256 e. The van der Waals surface area contributed by atoms with Crippen molar-refractivity contribution < 1.29 is 18.5 Å². The monoisotopic (exact) mass is 437 g/mol. The molecule has 0 unspecified atom stereocenters. The quantitative estimate of drug-likeness (QED) is 0.341. The first-order chi connectivity index (χ1) is 14.9. The number of rotatable bonds is 6. The molecular weight excluding hydrogens is 418 g/mol. The van der Waals surface area contributed by atoms with Crippen LogP contribution in [0.4, 0.5) is 11.7 Å². The van der Waals surface area contributed by atoms with Crippen LogP contribution in [0.3, 0.4) is 0 Å². The topological polar surface area (TPSA) is 123 Å². The van der Waals surface area contributed by atoms with Crippen LogP contribution < -0.4 is 10.6 Å². The number of nitrogens with zero attached hydrogens (tertiary/aromatic N) is 3. The van der Waals surface area contributed by atoms with E-state index in [1.165, 1.54) is 0 Å². The molecule has 0 aliphatic rings. The van der Waals surface area contributed by atoms with Crippen molar-refractivity contribution in [1.82, 2.24) is 15.1 Å². The predicted molar refractivity (Wildman–Crippen MR) is 116 cm³/mol. The molecule has 0 saturated heterocycles. The van der Waals surface area contributed by atoms with Gasteiger partial charge in [-0.1, -0.05) is 35.1 Å². The lowest BCUT2D eigenvalue weighted by atomic mass is 10.2. The van der Waals surface area contributed by atoms with E-state index in [1.807, 2.05) is 19.9 Å². The van der Waals surface area contributed by atoms with Crippen LogP contribution in [0.25, 0.3) is 11.1 Å². The number of hydrogen-bond acceptors (Lipinski definition) is 8. The van der Waals surface area contributed by atoms with Gasteiger partial charge in [0.15, 0.2) is 5.16 Å². The Bertz CT molecular complexity index is 1270. The van der Waals surface area contributed by atoms with Crippen LogP contribution in [0.5, 0.6) is 0 Å². The number of fused-ring (bicyclic) bond motifs is 1. The van der Waals surface area contributed by atoms with Gasteiger partial charge in [-0.15, -0.1) is 0 Å². The number of hydrogen-bond donors (Lipinski definition) is 2. The summed E-state index contributed by atoms with van der Waals surface area (Å²) < 4.78 is 10.7. The number of anilines is 2. The molecule has 10 heteroatoms. The molecular formula is C21H19N5O4S. The van der Waals surface area contributed by atoms with Crippen LogP contribution >= 0.6 is 11.8 Å². The minimum atomic E-state index is -0.300. The average Bonchev–Trinajstić information content (AvgIpc) is 3.29. The molecule has 0 saturated carbocycles. The molecule has 4 rings (SSSR count). The van der Waals surface area contributed by atoms with Gasteiger partial charge >= 0.3 is 0 Å². The third-order valence-corrected chi connectivity index (χ3v) is 5.35. The van der Waals surface area contributed by atoms with Gasteiger partial charge in [0, 0.05) is 17.2 Å². The van der Waals surface area contributed by atoms with Crippen molar-refractivity contribution in [3.05, 3.63) is 59.0 Å². The molecule has 31 heavy (non-hydrogen) atoms. The number of thioether (sulfide) groups is 1. The summed E-state index contributed by atoms with van der Waals surface area (Å²) in [6.45, 7) is 5.46. The zero-order valence-electron chi connectivity index (χ0n) is 17.1. The molecule has 0 aliphatic carbocycles. The largest absolute Gasteiger partial charge is 0.443 e. The van der Waals surface area contributed by atoms with Crippen molar-refractivity contribution in [2.45, 2.75) is 25.9 Å². The van der Waals surface area contributed by atoms with Crippen LogP contribution in [0.1, 0.15) is 27.4 Å². The third-order valence-electron chi connectivity index (χ3n) is 4.50. The second-order valence-electron chi connectivity index (χ2n) is 6.81. The van der Waals surface area contributed by atoms with Crippen molar-refractivity contribution in [2.75, 3.05) is 16.4 Å². The smallest absolute Gasteiger partial charge is 0.256 e. The Balaban J connectivity index is 1.56. The van der Waals surface area contributed by atoms with Crippen LogP contribution in [-0.2, 0) is 4.79 Å². The van der Waals surface area contributed by atoms with Gasteiger partial charge in [0.05, 0.1) is 16.8 Å². The number of aromatic nitrogens is 3. The Morgan fingerprint density at radius 1 is 1.06 bits per heavy atom.